The van der Waals surface area contributed by atoms with E-state index in [1.54, 1.807) is 11.8 Å². The summed E-state index contributed by atoms with van der Waals surface area (Å²) in [6.07, 6.45) is 1.73. The SMILES string of the molecule is CCSc1nnc(-c2cccc(CC)c2)n1-c1ccccc1.Cc1ccc(CNC=O)cc1. The maximum atomic E-state index is 9.93. The van der Waals surface area contributed by atoms with Crippen LogP contribution < -0.4 is 5.32 Å². The number of thioether (sulfide) groups is 1. The van der Waals surface area contributed by atoms with Crippen LogP contribution >= 0.6 is 11.8 Å². The average Bonchev–Trinajstić information content (AvgIpc) is 3.28. The molecular formula is C27H30N4OS. The smallest absolute Gasteiger partial charge is 0.207 e. The van der Waals surface area contributed by atoms with Gasteiger partial charge in [0.15, 0.2) is 11.0 Å². The second-order valence-corrected chi connectivity index (χ2v) is 8.68. The van der Waals surface area contributed by atoms with Crippen molar-refractivity contribution in [3.63, 3.8) is 0 Å². The first-order chi connectivity index (χ1) is 16.2. The molecule has 0 aliphatic heterocycles. The summed E-state index contributed by atoms with van der Waals surface area (Å²) in [7, 11) is 0. The van der Waals surface area contributed by atoms with Crippen LogP contribution in [0.15, 0.2) is 84.0 Å². The number of benzene rings is 3. The Kier molecular flexibility index (Phi) is 9.27. The Labute approximate surface area is 200 Å². The van der Waals surface area contributed by atoms with Gasteiger partial charge in [-0.25, -0.2) is 0 Å². The highest BCUT2D eigenvalue weighted by molar-refractivity contribution is 7.99. The van der Waals surface area contributed by atoms with Crippen LogP contribution in [-0.2, 0) is 17.8 Å². The lowest BCUT2D eigenvalue weighted by atomic mass is 10.1. The molecule has 4 rings (SSSR count). The molecule has 4 aromatic rings. The lowest BCUT2D eigenvalue weighted by molar-refractivity contribution is -0.109. The van der Waals surface area contributed by atoms with E-state index in [0.29, 0.717) is 13.0 Å². The lowest BCUT2D eigenvalue weighted by Gasteiger charge is -2.10. The van der Waals surface area contributed by atoms with E-state index in [0.717, 1.165) is 40.0 Å². The summed E-state index contributed by atoms with van der Waals surface area (Å²) in [5.41, 5.74) is 5.88. The number of carbonyl (C=O) groups excluding carboxylic acids is 1. The molecule has 0 fully saturated rings. The van der Waals surface area contributed by atoms with Gasteiger partial charge in [0.1, 0.15) is 0 Å². The molecular weight excluding hydrogens is 428 g/mol. The average molecular weight is 459 g/mol. The van der Waals surface area contributed by atoms with Crippen LogP contribution in [0.1, 0.15) is 30.5 Å². The topological polar surface area (TPSA) is 59.8 Å². The van der Waals surface area contributed by atoms with Gasteiger partial charge in [0.25, 0.3) is 0 Å². The summed E-state index contributed by atoms with van der Waals surface area (Å²) in [4.78, 5) is 9.93. The minimum Gasteiger partial charge on any atom is -0.355 e. The number of nitrogens with one attached hydrogen (secondary N) is 1. The van der Waals surface area contributed by atoms with Crippen LogP contribution in [0, 0.1) is 6.92 Å². The molecule has 0 atom stereocenters. The monoisotopic (exact) mass is 458 g/mol. The van der Waals surface area contributed by atoms with E-state index in [2.05, 4.69) is 70.3 Å². The third-order valence-corrected chi connectivity index (χ3v) is 5.84. The molecule has 1 amide bonds. The molecule has 170 valence electrons. The van der Waals surface area contributed by atoms with Crippen LogP contribution in [0.4, 0.5) is 0 Å². The van der Waals surface area contributed by atoms with Crippen molar-refractivity contribution < 1.29 is 4.79 Å². The van der Waals surface area contributed by atoms with Crippen molar-refractivity contribution in [2.45, 2.75) is 38.9 Å². The van der Waals surface area contributed by atoms with Crippen molar-refractivity contribution in [3.05, 3.63) is 95.6 Å². The standard InChI is InChI=1S/C18H19N3S.C9H11NO/c1-3-14-9-8-10-15(13-14)17-19-20-18(22-4-2)21(17)16-11-6-5-7-12-16;1-8-2-4-9(5-3-8)6-10-7-11/h5-13H,3-4H2,1-2H3;2-5,7H,6H2,1H3,(H,10,11). The first kappa shape index (κ1) is 24.3. The lowest BCUT2D eigenvalue weighted by Crippen LogP contribution is -2.09. The van der Waals surface area contributed by atoms with Crippen LogP contribution in [-0.4, -0.2) is 26.9 Å². The number of aromatic nitrogens is 3. The number of hydrogen-bond donors (Lipinski definition) is 1. The Balaban J connectivity index is 0.000000235. The fraction of sp³-hybridized carbons (Fsp3) is 0.222. The number of rotatable bonds is 8. The number of aryl methyl sites for hydroxylation is 2. The van der Waals surface area contributed by atoms with Gasteiger partial charge in [0.05, 0.1) is 0 Å². The van der Waals surface area contributed by atoms with Crippen molar-refractivity contribution >= 4 is 18.2 Å². The maximum Gasteiger partial charge on any atom is 0.207 e. The largest absolute Gasteiger partial charge is 0.355 e. The van der Waals surface area contributed by atoms with Crippen LogP contribution in [0.25, 0.3) is 17.1 Å². The van der Waals surface area contributed by atoms with Gasteiger partial charge >= 0.3 is 0 Å². The van der Waals surface area contributed by atoms with Gasteiger partial charge in [-0.2, -0.15) is 0 Å². The summed E-state index contributed by atoms with van der Waals surface area (Å²) in [5.74, 6) is 1.87. The van der Waals surface area contributed by atoms with E-state index in [4.69, 9.17) is 0 Å². The van der Waals surface area contributed by atoms with Gasteiger partial charge in [-0.05, 0) is 48.4 Å². The zero-order valence-corrected chi connectivity index (χ0v) is 20.2. The third-order valence-electron chi connectivity index (χ3n) is 5.02. The predicted octanol–water partition coefficient (Wildman–Crippen LogP) is 5.85. The molecule has 1 aromatic heterocycles. The van der Waals surface area contributed by atoms with Gasteiger partial charge < -0.3 is 5.32 Å². The second kappa shape index (κ2) is 12.6. The molecule has 6 heteroatoms. The summed E-state index contributed by atoms with van der Waals surface area (Å²) in [6.45, 7) is 6.95. The van der Waals surface area contributed by atoms with Gasteiger partial charge in [0.2, 0.25) is 6.41 Å². The van der Waals surface area contributed by atoms with Crippen LogP contribution in [0.3, 0.4) is 0 Å². The van der Waals surface area contributed by atoms with Gasteiger partial charge in [-0.3, -0.25) is 9.36 Å². The van der Waals surface area contributed by atoms with E-state index < -0.39 is 0 Å². The van der Waals surface area contributed by atoms with E-state index in [9.17, 15) is 4.79 Å². The van der Waals surface area contributed by atoms with Crippen molar-refractivity contribution in [1.82, 2.24) is 20.1 Å². The first-order valence-electron chi connectivity index (χ1n) is 11.1. The zero-order valence-electron chi connectivity index (χ0n) is 19.4. The Morgan fingerprint density at radius 1 is 0.909 bits per heavy atom. The highest BCUT2D eigenvalue weighted by atomic mass is 32.2. The van der Waals surface area contributed by atoms with Crippen molar-refractivity contribution in [2.24, 2.45) is 0 Å². The minimum absolute atomic E-state index is 0.615. The predicted molar refractivity (Wildman–Crippen MR) is 137 cm³/mol. The third kappa shape index (κ3) is 6.80. The molecule has 0 bridgehead atoms. The summed E-state index contributed by atoms with van der Waals surface area (Å²) in [6, 6.07) is 26.9. The Bertz CT molecular complexity index is 1140. The summed E-state index contributed by atoms with van der Waals surface area (Å²) < 4.78 is 2.14. The molecule has 33 heavy (non-hydrogen) atoms. The first-order valence-corrected chi connectivity index (χ1v) is 12.1. The van der Waals surface area contributed by atoms with Crippen molar-refractivity contribution in [2.75, 3.05) is 5.75 Å². The molecule has 0 spiro atoms. The summed E-state index contributed by atoms with van der Waals surface area (Å²) in [5, 5.41) is 12.4. The number of hydrogen-bond acceptors (Lipinski definition) is 4. The van der Waals surface area contributed by atoms with Gasteiger partial charge in [0, 0.05) is 17.8 Å². The Hall–Kier alpha value is -3.38. The molecule has 0 aliphatic carbocycles. The molecule has 0 radical (unpaired) electrons. The van der Waals surface area contributed by atoms with E-state index >= 15 is 0 Å². The molecule has 0 saturated heterocycles. The minimum atomic E-state index is 0.615. The second-order valence-electron chi connectivity index (χ2n) is 7.45. The number of nitrogens with zero attached hydrogens (tertiary/aromatic N) is 3. The number of amides is 1. The van der Waals surface area contributed by atoms with Gasteiger partial charge in [-0.1, -0.05) is 91.8 Å². The molecule has 0 saturated carbocycles. The number of carbonyl (C=O) groups is 1. The summed E-state index contributed by atoms with van der Waals surface area (Å²) >= 11 is 1.71. The maximum absolute atomic E-state index is 9.93. The van der Waals surface area contributed by atoms with E-state index in [1.165, 1.54) is 11.1 Å². The highest BCUT2D eigenvalue weighted by Gasteiger charge is 2.15. The highest BCUT2D eigenvalue weighted by Crippen LogP contribution is 2.28. The fourth-order valence-electron chi connectivity index (χ4n) is 3.29. The van der Waals surface area contributed by atoms with E-state index in [-0.39, 0.29) is 0 Å². The van der Waals surface area contributed by atoms with Gasteiger partial charge in [-0.15, -0.1) is 10.2 Å². The van der Waals surface area contributed by atoms with Crippen LogP contribution in [0.2, 0.25) is 0 Å². The van der Waals surface area contributed by atoms with Crippen molar-refractivity contribution in [3.8, 4) is 17.1 Å². The molecule has 0 unspecified atom stereocenters. The number of para-hydroxylation sites is 1. The molecule has 5 nitrogen and oxygen atoms in total. The normalized spacial score (nSPS) is 10.3. The van der Waals surface area contributed by atoms with E-state index in [1.807, 2.05) is 49.4 Å². The Morgan fingerprint density at radius 2 is 1.67 bits per heavy atom. The van der Waals surface area contributed by atoms with Crippen LogP contribution in [0.5, 0.6) is 0 Å². The van der Waals surface area contributed by atoms with Crippen molar-refractivity contribution in [1.29, 1.82) is 0 Å². The molecule has 3 aromatic carbocycles. The zero-order chi connectivity index (χ0) is 23.5. The molecule has 1 heterocycles. The molecule has 1 N–H and O–H groups in total. The quantitative estimate of drug-likeness (QED) is 0.266. The fourth-order valence-corrected chi connectivity index (χ4v) is 3.96. The Morgan fingerprint density at radius 3 is 2.33 bits per heavy atom. The molecule has 0 aliphatic rings.